The number of hydrogen-bond acceptors (Lipinski definition) is 5. The maximum Gasteiger partial charge on any atom is 0.306 e. The molecule has 3 rings (SSSR count). The van der Waals surface area contributed by atoms with Crippen LogP contribution in [0.4, 0.5) is 11.4 Å². The number of anilines is 2. The number of nitrogens with one attached hydrogen (secondary N) is 2. The Labute approximate surface area is 219 Å². The van der Waals surface area contributed by atoms with Gasteiger partial charge in [-0.1, -0.05) is 48.8 Å². The highest BCUT2D eigenvalue weighted by atomic mass is 79.9. The number of ether oxygens (including phenoxy) is 2. The Morgan fingerprint density at radius 2 is 1.22 bits per heavy atom. The van der Waals surface area contributed by atoms with E-state index in [2.05, 4.69) is 47.3 Å². The summed E-state index contributed by atoms with van der Waals surface area (Å²) in [5.41, 5.74) is 2.47. The normalized spacial score (nSPS) is 10.9. The Balaban J connectivity index is 1.37. The molecule has 2 N–H and O–H groups in total. The molecule has 0 aromatic heterocycles. The van der Waals surface area contributed by atoms with Crippen molar-refractivity contribution in [3.05, 3.63) is 82.8 Å². The highest BCUT2D eigenvalue weighted by Gasteiger charge is 2.14. The predicted octanol–water partition coefficient (Wildman–Crippen LogP) is 6.44. The molecule has 0 aliphatic heterocycles. The number of halogens is 1. The van der Waals surface area contributed by atoms with Crippen molar-refractivity contribution in [2.24, 2.45) is 0 Å². The van der Waals surface area contributed by atoms with Crippen LogP contribution >= 0.6 is 15.9 Å². The van der Waals surface area contributed by atoms with Crippen molar-refractivity contribution < 1.29 is 23.9 Å². The zero-order valence-corrected chi connectivity index (χ0v) is 22.1. The van der Waals surface area contributed by atoms with Crippen LogP contribution < -0.4 is 15.4 Å². The molecule has 0 aliphatic carbocycles. The highest BCUT2D eigenvalue weighted by Crippen LogP contribution is 2.27. The van der Waals surface area contributed by atoms with E-state index in [-0.39, 0.29) is 24.2 Å². The molecule has 0 heterocycles. The van der Waals surface area contributed by atoms with Gasteiger partial charge in [-0.05, 0) is 71.6 Å². The van der Waals surface area contributed by atoms with E-state index < -0.39 is 18.5 Å². The smallest absolute Gasteiger partial charge is 0.306 e. The first-order chi connectivity index (χ1) is 17.1. The molecule has 36 heavy (non-hydrogen) atoms. The van der Waals surface area contributed by atoms with Gasteiger partial charge < -0.3 is 20.1 Å². The SMILES string of the molecule is CC(C)(C)c1ccc(Oc2ccc(NC(=O)CCC(=O)OCC(=O)Nc3ccc(Br)cc3)cc2)cc1. The van der Waals surface area contributed by atoms with Gasteiger partial charge in [0.05, 0.1) is 6.42 Å². The van der Waals surface area contributed by atoms with Gasteiger partial charge >= 0.3 is 5.97 Å². The second kappa shape index (κ2) is 12.4. The average Bonchev–Trinajstić information content (AvgIpc) is 2.84. The van der Waals surface area contributed by atoms with E-state index in [9.17, 15) is 14.4 Å². The minimum atomic E-state index is -0.627. The fourth-order valence-corrected chi connectivity index (χ4v) is 3.42. The highest BCUT2D eigenvalue weighted by molar-refractivity contribution is 9.10. The first kappa shape index (κ1) is 26.9. The summed E-state index contributed by atoms with van der Waals surface area (Å²) in [6.45, 7) is 6.05. The molecule has 0 saturated carbocycles. The van der Waals surface area contributed by atoms with Crippen LogP contribution in [0, 0.1) is 0 Å². The number of hydrogen-bond donors (Lipinski definition) is 2. The summed E-state index contributed by atoms with van der Waals surface area (Å²) in [4.78, 5) is 36.0. The third kappa shape index (κ3) is 8.85. The fourth-order valence-electron chi connectivity index (χ4n) is 3.15. The molecule has 0 aliphatic rings. The van der Waals surface area contributed by atoms with Crippen molar-refractivity contribution in [1.29, 1.82) is 0 Å². The molecule has 7 nitrogen and oxygen atoms in total. The van der Waals surface area contributed by atoms with E-state index in [1.807, 2.05) is 24.3 Å². The lowest BCUT2D eigenvalue weighted by Gasteiger charge is -2.19. The third-order valence-corrected chi connectivity index (χ3v) is 5.67. The number of carbonyl (C=O) groups excluding carboxylic acids is 3. The van der Waals surface area contributed by atoms with Crippen molar-refractivity contribution in [3.8, 4) is 11.5 Å². The van der Waals surface area contributed by atoms with Crippen LogP contribution in [-0.2, 0) is 24.5 Å². The molecule has 0 fully saturated rings. The molecule has 0 spiro atoms. The molecule has 0 radical (unpaired) electrons. The molecule has 0 atom stereocenters. The van der Waals surface area contributed by atoms with Crippen LogP contribution in [0.15, 0.2) is 77.3 Å². The van der Waals surface area contributed by atoms with Gasteiger partial charge in [-0.15, -0.1) is 0 Å². The van der Waals surface area contributed by atoms with E-state index in [0.717, 1.165) is 10.2 Å². The lowest BCUT2D eigenvalue weighted by Crippen LogP contribution is -2.21. The van der Waals surface area contributed by atoms with Gasteiger partial charge in [0, 0.05) is 22.3 Å². The van der Waals surface area contributed by atoms with Gasteiger partial charge in [0.15, 0.2) is 6.61 Å². The molecule has 0 saturated heterocycles. The van der Waals surface area contributed by atoms with Crippen LogP contribution in [0.3, 0.4) is 0 Å². The number of esters is 1. The van der Waals surface area contributed by atoms with Crippen LogP contribution in [0.25, 0.3) is 0 Å². The predicted molar refractivity (Wildman–Crippen MR) is 143 cm³/mol. The van der Waals surface area contributed by atoms with Gasteiger partial charge in [0.25, 0.3) is 5.91 Å². The largest absolute Gasteiger partial charge is 0.457 e. The average molecular weight is 553 g/mol. The monoisotopic (exact) mass is 552 g/mol. The van der Waals surface area contributed by atoms with E-state index in [1.54, 1.807) is 48.5 Å². The van der Waals surface area contributed by atoms with E-state index >= 15 is 0 Å². The summed E-state index contributed by atoms with van der Waals surface area (Å²) in [5.74, 6) is -0.0528. The Hall–Kier alpha value is -3.65. The first-order valence-corrected chi connectivity index (χ1v) is 12.3. The topological polar surface area (TPSA) is 93.7 Å². The molecule has 0 unspecified atom stereocenters. The lowest BCUT2D eigenvalue weighted by atomic mass is 9.87. The first-order valence-electron chi connectivity index (χ1n) is 11.5. The van der Waals surface area contributed by atoms with Crippen molar-refractivity contribution in [3.63, 3.8) is 0 Å². The summed E-state index contributed by atoms with van der Waals surface area (Å²) < 4.78 is 11.7. The number of carbonyl (C=O) groups is 3. The summed E-state index contributed by atoms with van der Waals surface area (Å²) in [5, 5.41) is 5.35. The van der Waals surface area contributed by atoms with Gasteiger partial charge in [0.1, 0.15) is 11.5 Å². The molecule has 3 aromatic rings. The molecule has 8 heteroatoms. The second-order valence-electron chi connectivity index (χ2n) is 9.16. The van der Waals surface area contributed by atoms with Crippen LogP contribution in [0.2, 0.25) is 0 Å². The van der Waals surface area contributed by atoms with Crippen molar-refractivity contribution in [2.75, 3.05) is 17.2 Å². The number of rotatable bonds is 9. The van der Waals surface area contributed by atoms with Gasteiger partial charge in [-0.2, -0.15) is 0 Å². The maximum absolute atomic E-state index is 12.2. The lowest BCUT2D eigenvalue weighted by molar-refractivity contribution is -0.147. The van der Waals surface area contributed by atoms with E-state index in [1.165, 1.54) is 5.56 Å². The Morgan fingerprint density at radius 1 is 0.722 bits per heavy atom. The molecule has 0 bridgehead atoms. The quantitative estimate of drug-likeness (QED) is 0.298. The summed E-state index contributed by atoms with van der Waals surface area (Å²) in [7, 11) is 0. The zero-order chi connectivity index (χ0) is 26.1. The standard InChI is InChI=1S/C28H29BrN2O5/c1-28(2,3)19-4-12-23(13-5-19)36-24-14-10-22(11-15-24)30-25(32)16-17-27(34)35-18-26(33)31-21-8-6-20(29)7-9-21/h4-15H,16-18H2,1-3H3,(H,30,32)(H,31,33). The van der Waals surface area contributed by atoms with E-state index in [4.69, 9.17) is 9.47 Å². The van der Waals surface area contributed by atoms with Crippen molar-refractivity contribution >= 4 is 45.1 Å². The third-order valence-electron chi connectivity index (χ3n) is 5.14. The van der Waals surface area contributed by atoms with Crippen molar-refractivity contribution in [2.45, 2.75) is 39.0 Å². The van der Waals surface area contributed by atoms with Crippen LogP contribution in [0.5, 0.6) is 11.5 Å². The Bertz CT molecular complexity index is 1180. The minimum Gasteiger partial charge on any atom is -0.457 e. The zero-order valence-electron chi connectivity index (χ0n) is 20.5. The van der Waals surface area contributed by atoms with Crippen molar-refractivity contribution in [1.82, 2.24) is 0 Å². The fraction of sp³-hybridized carbons (Fsp3) is 0.250. The number of benzene rings is 3. The minimum absolute atomic E-state index is 0.0639. The van der Waals surface area contributed by atoms with Crippen LogP contribution in [0.1, 0.15) is 39.2 Å². The molecular formula is C28H29BrN2O5. The second-order valence-corrected chi connectivity index (χ2v) is 10.1. The molecular weight excluding hydrogens is 524 g/mol. The van der Waals surface area contributed by atoms with Gasteiger partial charge in [-0.3, -0.25) is 14.4 Å². The molecule has 188 valence electrons. The molecule has 3 aromatic carbocycles. The van der Waals surface area contributed by atoms with Gasteiger partial charge in [0.2, 0.25) is 5.91 Å². The number of amides is 2. The Kier molecular flexibility index (Phi) is 9.25. The summed E-state index contributed by atoms with van der Waals surface area (Å²) >= 11 is 3.31. The summed E-state index contributed by atoms with van der Waals surface area (Å²) in [6.07, 6.45) is -0.200. The maximum atomic E-state index is 12.2. The molecule has 2 amide bonds. The summed E-state index contributed by atoms with van der Waals surface area (Å²) in [6, 6.07) is 21.9. The van der Waals surface area contributed by atoms with Gasteiger partial charge in [-0.25, -0.2) is 0 Å². The Morgan fingerprint density at radius 3 is 1.78 bits per heavy atom. The van der Waals surface area contributed by atoms with E-state index in [0.29, 0.717) is 17.1 Å². The van der Waals surface area contributed by atoms with Crippen LogP contribution in [-0.4, -0.2) is 24.4 Å².